The van der Waals surface area contributed by atoms with Crippen LogP contribution in [0.1, 0.15) is 5.76 Å². The molecule has 1 aromatic rings. The van der Waals surface area contributed by atoms with Crippen LogP contribution in [-0.2, 0) is 11.3 Å². The van der Waals surface area contributed by atoms with E-state index >= 15 is 0 Å². The fraction of sp³-hybridized carbons (Fsp3) is 0.600. The van der Waals surface area contributed by atoms with Gasteiger partial charge in [-0.1, -0.05) is 0 Å². The van der Waals surface area contributed by atoms with Crippen LogP contribution >= 0.6 is 0 Å². The molecule has 1 aliphatic heterocycles. The first-order chi connectivity index (χ1) is 8.19. The fourth-order valence-corrected chi connectivity index (χ4v) is 1.84. The van der Waals surface area contributed by atoms with E-state index in [1.165, 1.54) is 6.07 Å². The van der Waals surface area contributed by atoms with Crippen molar-refractivity contribution in [1.29, 1.82) is 0 Å². The van der Waals surface area contributed by atoms with Crippen molar-refractivity contribution in [3.8, 4) is 0 Å². The Morgan fingerprint density at radius 2 is 2.41 bits per heavy atom. The highest BCUT2D eigenvalue weighted by Gasteiger charge is 2.21. The van der Waals surface area contributed by atoms with Gasteiger partial charge in [-0.2, -0.15) is 0 Å². The van der Waals surface area contributed by atoms with E-state index in [1.807, 2.05) is 0 Å². The third-order valence-electron chi connectivity index (χ3n) is 2.69. The van der Waals surface area contributed by atoms with Gasteiger partial charge in [0, 0.05) is 19.6 Å². The molecular weight excluding hydrogens is 226 g/mol. The van der Waals surface area contributed by atoms with Crippen molar-refractivity contribution in [3.63, 3.8) is 0 Å². The second kappa shape index (κ2) is 5.26. The van der Waals surface area contributed by atoms with E-state index in [0.29, 0.717) is 25.5 Å². The number of nitro groups is 1. The van der Waals surface area contributed by atoms with Gasteiger partial charge in [-0.3, -0.25) is 15.0 Å². The molecular formula is C10H15N3O4. The van der Waals surface area contributed by atoms with Crippen LogP contribution in [0, 0.1) is 10.1 Å². The van der Waals surface area contributed by atoms with E-state index in [0.717, 1.165) is 13.1 Å². The molecule has 2 rings (SSSR count). The van der Waals surface area contributed by atoms with Gasteiger partial charge in [-0.25, -0.2) is 0 Å². The molecule has 0 aliphatic carbocycles. The molecule has 0 amide bonds. The molecule has 2 N–H and O–H groups in total. The Kier molecular flexibility index (Phi) is 3.72. The van der Waals surface area contributed by atoms with Crippen molar-refractivity contribution in [3.05, 3.63) is 28.0 Å². The third-order valence-corrected chi connectivity index (χ3v) is 2.69. The zero-order valence-electron chi connectivity index (χ0n) is 9.37. The molecule has 7 heteroatoms. The smallest absolute Gasteiger partial charge is 0.404 e. The minimum Gasteiger partial charge on any atom is -0.404 e. The summed E-state index contributed by atoms with van der Waals surface area (Å²) < 4.78 is 10.5. The predicted molar refractivity (Wildman–Crippen MR) is 59.4 cm³/mol. The van der Waals surface area contributed by atoms with Gasteiger partial charge < -0.3 is 14.9 Å². The Labute approximate surface area is 98.3 Å². The highest BCUT2D eigenvalue weighted by Crippen LogP contribution is 2.18. The summed E-state index contributed by atoms with van der Waals surface area (Å²) in [4.78, 5) is 12.0. The van der Waals surface area contributed by atoms with Crippen molar-refractivity contribution >= 4 is 5.88 Å². The molecule has 17 heavy (non-hydrogen) atoms. The fourth-order valence-electron chi connectivity index (χ4n) is 1.84. The van der Waals surface area contributed by atoms with Crippen molar-refractivity contribution in [2.75, 3.05) is 26.2 Å². The summed E-state index contributed by atoms with van der Waals surface area (Å²) in [7, 11) is 0. The zero-order chi connectivity index (χ0) is 12.3. The van der Waals surface area contributed by atoms with Gasteiger partial charge in [0.05, 0.1) is 25.3 Å². The molecule has 0 bridgehead atoms. The first kappa shape index (κ1) is 12.0. The van der Waals surface area contributed by atoms with Crippen LogP contribution < -0.4 is 5.73 Å². The highest BCUT2D eigenvalue weighted by molar-refractivity contribution is 5.17. The standard InChI is InChI=1S/C10H15N3O4/c11-5-9-7-12(3-4-16-9)6-8-1-2-10(17-8)13(14)15/h1-2,9H,3-7,11H2. The lowest BCUT2D eigenvalue weighted by atomic mass is 10.2. The van der Waals surface area contributed by atoms with E-state index in [4.69, 9.17) is 14.9 Å². The van der Waals surface area contributed by atoms with Crippen LogP contribution in [0.25, 0.3) is 0 Å². The van der Waals surface area contributed by atoms with Crippen molar-refractivity contribution in [2.45, 2.75) is 12.6 Å². The number of nitrogens with two attached hydrogens (primary N) is 1. The molecule has 1 aliphatic rings. The molecule has 1 unspecified atom stereocenters. The molecule has 0 spiro atoms. The van der Waals surface area contributed by atoms with Gasteiger partial charge in [-0.15, -0.1) is 0 Å². The average molecular weight is 241 g/mol. The Morgan fingerprint density at radius 3 is 3.06 bits per heavy atom. The first-order valence-electron chi connectivity index (χ1n) is 5.46. The van der Waals surface area contributed by atoms with E-state index < -0.39 is 4.92 Å². The quantitative estimate of drug-likeness (QED) is 0.603. The minimum absolute atomic E-state index is 0.0358. The van der Waals surface area contributed by atoms with Gasteiger partial charge >= 0.3 is 5.88 Å². The molecule has 0 radical (unpaired) electrons. The number of hydrogen-bond acceptors (Lipinski definition) is 6. The van der Waals surface area contributed by atoms with Crippen LogP contribution in [0.3, 0.4) is 0 Å². The maximum absolute atomic E-state index is 10.5. The maximum Gasteiger partial charge on any atom is 0.433 e. The summed E-state index contributed by atoms with van der Waals surface area (Å²) in [5.74, 6) is 0.373. The van der Waals surface area contributed by atoms with Crippen LogP contribution in [-0.4, -0.2) is 42.2 Å². The number of nitrogens with zero attached hydrogens (tertiary/aromatic N) is 2. The van der Waals surface area contributed by atoms with Crippen molar-refractivity contribution in [1.82, 2.24) is 4.90 Å². The summed E-state index contributed by atoms with van der Waals surface area (Å²) in [6.45, 7) is 3.17. The van der Waals surface area contributed by atoms with Gasteiger partial charge in [0.2, 0.25) is 0 Å². The molecule has 7 nitrogen and oxygen atoms in total. The summed E-state index contributed by atoms with van der Waals surface area (Å²) >= 11 is 0. The second-order valence-corrected chi connectivity index (χ2v) is 3.96. The number of morpholine rings is 1. The molecule has 2 heterocycles. The zero-order valence-corrected chi connectivity index (χ0v) is 9.37. The Bertz CT molecular complexity index is 393. The van der Waals surface area contributed by atoms with E-state index in [2.05, 4.69) is 4.90 Å². The van der Waals surface area contributed by atoms with Gasteiger partial charge in [0.25, 0.3) is 0 Å². The van der Waals surface area contributed by atoms with Crippen molar-refractivity contribution < 1.29 is 14.1 Å². The van der Waals surface area contributed by atoms with E-state index in [-0.39, 0.29) is 12.0 Å². The number of rotatable bonds is 4. The molecule has 1 atom stereocenters. The van der Waals surface area contributed by atoms with E-state index in [9.17, 15) is 10.1 Å². The van der Waals surface area contributed by atoms with Crippen LogP contribution in [0.5, 0.6) is 0 Å². The topological polar surface area (TPSA) is 94.8 Å². The SMILES string of the molecule is NCC1CN(Cc2ccc([N+](=O)[O-])o2)CCO1. The molecule has 0 aromatic carbocycles. The molecule has 94 valence electrons. The summed E-state index contributed by atoms with van der Waals surface area (Å²) in [5.41, 5.74) is 5.54. The van der Waals surface area contributed by atoms with Crippen molar-refractivity contribution in [2.24, 2.45) is 5.73 Å². The molecule has 1 aromatic heterocycles. The molecule has 1 saturated heterocycles. The summed E-state index contributed by atoms with van der Waals surface area (Å²) in [6.07, 6.45) is 0.0358. The third kappa shape index (κ3) is 3.02. The van der Waals surface area contributed by atoms with Crippen LogP contribution in [0.2, 0.25) is 0 Å². The Morgan fingerprint density at radius 1 is 1.59 bits per heavy atom. The highest BCUT2D eigenvalue weighted by atomic mass is 16.6. The number of ether oxygens (including phenoxy) is 1. The lowest BCUT2D eigenvalue weighted by molar-refractivity contribution is -0.402. The largest absolute Gasteiger partial charge is 0.433 e. The predicted octanol–water partition coefficient (Wildman–Crippen LogP) is 0.347. The Balaban J connectivity index is 1.93. The second-order valence-electron chi connectivity index (χ2n) is 3.96. The summed E-state index contributed by atoms with van der Waals surface area (Å²) in [6, 6.07) is 3.00. The molecule has 1 fully saturated rings. The average Bonchev–Trinajstić information content (AvgIpc) is 2.78. The summed E-state index contributed by atoms with van der Waals surface area (Å²) in [5, 5.41) is 10.5. The monoisotopic (exact) mass is 241 g/mol. The van der Waals surface area contributed by atoms with Gasteiger partial charge in [-0.05, 0) is 6.07 Å². The molecule has 0 saturated carbocycles. The number of hydrogen-bond donors (Lipinski definition) is 1. The lowest BCUT2D eigenvalue weighted by Gasteiger charge is -2.31. The normalized spacial score (nSPS) is 21.6. The minimum atomic E-state index is -0.536. The van der Waals surface area contributed by atoms with Crippen LogP contribution in [0.4, 0.5) is 5.88 Å². The first-order valence-corrected chi connectivity index (χ1v) is 5.46. The lowest BCUT2D eigenvalue weighted by Crippen LogP contribution is -2.45. The van der Waals surface area contributed by atoms with Gasteiger partial charge in [0.15, 0.2) is 0 Å². The van der Waals surface area contributed by atoms with Gasteiger partial charge in [0.1, 0.15) is 10.7 Å². The number of furan rings is 1. The maximum atomic E-state index is 10.5. The van der Waals surface area contributed by atoms with E-state index in [1.54, 1.807) is 6.07 Å². The Hall–Kier alpha value is -1.44. The van der Waals surface area contributed by atoms with Crippen LogP contribution in [0.15, 0.2) is 16.5 Å².